The van der Waals surface area contributed by atoms with Crippen LogP contribution >= 0.6 is 0 Å². The molecule has 12 heteroatoms. The van der Waals surface area contributed by atoms with Crippen molar-refractivity contribution in [3.63, 3.8) is 0 Å². The third-order valence-electron chi connectivity index (χ3n) is 7.34. The molecule has 1 saturated heterocycles. The molecule has 2 amide bonds. The van der Waals surface area contributed by atoms with Crippen molar-refractivity contribution in [2.75, 3.05) is 55.5 Å². The summed E-state index contributed by atoms with van der Waals surface area (Å²) < 4.78 is 10.9. The number of methoxy groups -OCH3 is 1. The van der Waals surface area contributed by atoms with Crippen molar-refractivity contribution in [2.45, 2.75) is 37.8 Å². The van der Waals surface area contributed by atoms with Crippen LogP contribution in [0.5, 0.6) is 0 Å². The van der Waals surface area contributed by atoms with E-state index >= 15 is 0 Å². The average Bonchev–Trinajstić information content (AvgIpc) is 3.76. The molecule has 1 aliphatic carbocycles. The highest BCUT2D eigenvalue weighted by atomic mass is 16.5. The van der Waals surface area contributed by atoms with Gasteiger partial charge in [0.05, 0.1) is 30.1 Å². The Hall–Kier alpha value is -4.30. The van der Waals surface area contributed by atoms with Crippen molar-refractivity contribution >= 4 is 35.6 Å². The first-order chi connectivity index (χ1) is 19.0. The molecular weight excluding hydrogens is 502 g/mol. The SMILES string of the molecule is COC1(CNc2cc(NC(=O)N3CCCc4cc(CN5CCOCC5=C=O)c(C=O)nc43)ncc2C#N)CC1. The fourth-order valence-corrected chi connectivity index (χ4v) is 4.81. The van der Waals surface area contributed by atoms with Crippen molar-refractivity contribution in [1.29, 1.82) is 5.26 Å². The lowest BCUT2D eigenvalue weighted by atomic mass is 10.0. The van der Waals surface area contributed by atoms with Gasteiger partial charge in [-0.2, -0.15) is 5.26 Å². The highest BCUT2D eigenvalue weighted by molar-refractivity contribution is 6.01. The van der Waals surface area contributed by atoms with Gasteiger partial charge in [0, 0.05) is 51.1 Å². The van der Waals surface area contributed by atoms with Crippen molar-refractivity contribution in [3.8, 4) is 6.07 Å². The number of urea groups is 1. The fraction of sp³-hybridized carbons (Fsp3) is 0.444. The van der Waals surface area contributed by atoms with E-state index in [0.29, 0.717) is 80.2 Å². The first-order valence-electron chi connectivity index (χ1n) is 12.8. The van der Waals surface area contributed by atoms with Crippen molar-refractivity contribution in [2.24, 2.45) is 0 Å². The maximum Gasteiger partial charge on any atom is 0.328 e. The van der Waals surface area contributed by atoms with Crippen LogP contribution in [-0.4, -0.2) is 78.7 Å². The van der Waals surface area contributed by atoms with Crippen LogP contribution in [0.4, 0.5) is 22.1 Å². The van der Waals surface area contributed by atoms with Gasteiger partial charge in [-0.05, 0) is 37.3 Å². The highest BCUT2D eigenvalue weighted by Crippen LogP contribution is 2.39. The normalized spacial score (nSPS) is 17.5. The quantitative estimate of drug-likeness (QED) is 0.384. The second-order valence-electron chi connectivity index (χ2n) is 9.81. The third-order valence-corrected chi connectivity index (χ3v) is 7.34. The Labute approximate surface area is 225 Å². The number of hydrogen-bond acceptors (Lipinski definition) is 10. The molecule has 2 fully saturated rings. The molecule has 0 spiro atoms. The van der Waals surface area contributed by atoms with Gasteiger partial charge in [0.25, 0.3) is 0 Å². The first-order valence-corrected chi connectivity index (χ1v) is 12.8. The van der Waals surface area contributed by atoms with Gasteiger partial charge in [-0.15, -0.1) is 0 Å². The van der Waals surface area contributed by atoms with E-state index in [2.05, 4.69) is 26.7 Å². The summed E-state index contributed by atoms with van der Waals surface area (Å²) in [5.41, 5.74) is 2.82. The maximum absolute atomic E-state index is 13.3. The summed E-state index contributed by atoms with van der Waals surface area (Å²) in [6.07, 6.45) is 5.38. The number of carbonyl (C=O) groups excluding carboxylic acids is 3. The monoisotopic (exact) mass is 531 g/mol. The van der Waals surface area contributed by atoms with Crippen LogP contribution < -0.4 is 15.5 Å². The van der Waals surface area contributed by atoms with Crippen LogP contribution in [0, 0.1) is 11.3 Å². The van der Waals surface area contributed by atoms with Crippen molar-refractivity contribution < 1.29 is 23.9 Å². The number of ether oxygens (including phenoxy) is 2. The molecule has 12 nitrogen and oxygen atoms in total. The Morgan fingerprint density at radius 2 is 2.18 bits per heavy atom. The van der Waals surface area contributed by atoms with Crippen LogP contribution in [0.3, 0.4) is 0 Å². The number of fused-ring (bicyclic) bond motifs is 1. The molecule has 202 valence electrons. The summed E-state index contributed by atoms with van der Waals surface area (Å²) in [5, 5.41) is 15.5. The van der Waals surface area contributed by atoms with Gasteiger partial charge < -0.3 is 19.7 Å². The number of aryl methyl sites for hydroxylation is 1. The summed E-state index contributed by atoms with van der Waals surface area (Å²) in [7, 11) is 1.67. The van der Waals surface area contributed by atoms with Crippen LogP contribution in [0.25, 0.3) is 0 Å². The lowest BCUT2D eigenvalue weighted by Gasteiger charge is -2.31. The maximum atomic E-state index is 13.3. The van der Waals surface area contributed by atoms with Gasteiger partial charge in [-0.3, -0.25) is 15.0 Å². The Morgan fingerprint density at radius 3 is 2.90 bits per heavy atom. The number of aromatic nitrogens is 2. The van der Waals surface area contributed by atoms with Crippen LogP contribution in [0.15, 0.2) is 24.0 Å². The van der Waals surface area contributed by atoms with Gasteiger partial charge in [0.2, 0.25) is 0 Å². The molecule has 39 heavy (non-hydrogen) atoms. The number of morpholine rings is 1. The average molecular weight is 532 g/mol. The minimum absolute atomic E-state index is 0.181. The molecule has 0 aromatic carbocycles. The second-order valence-corrected chi connectivity index (χ2v) is 9.81. The number of nitriles is 1. The Bertz CT molecular complexity index is 1380. The standard InChI is InChI=1S/C27H29N7O5/c1-38-27(4-5-27)17-30-22-10-24(29-12-20(22)11-28)32-26(37)34-6-2-3-18-9-19(23(15-36)31-25(18)34)13-33-7-8-39-16-21(33)14-35/h9-10,12,15H,2-8,13,16-17H2,1H3,(H2,29,30,32,37). The zero-order valence-electron chi connectivity index (χ0n) is 21.7. The zero-order valence-corrected chi connectivity index (χ0v) is 21.7. The number of carbonyl (C=O) groups is 2. The van der Waals surface area contributed by atoms with E-state index in [4.69, 9.17) is 9.47 Å². The summed E-state index contributed by atoms with van der Waals surface area (Å²) in [4.78, 5) is 48.7. The van der Waals surface area contributed by atoms with E-state index in [1.165, 1.54) is 11.1 Å². The Balaban J connectivity index is 1.34. The van der Waals surface area contributed by atoms with Crippen molar-refractivity contribution in [1.82, 2.24) is 14.9 Å². The Kier molecular flexibility index (Phi) is 7.56. The number of rotatable bonds is 8. The van der Waals surface area contributed by atoms with Crippen LogP contribution in [0.2, 0.25) is 0 Å². The largest absolute Gasteiger partial charge is 0.381 e. The third kappa shape index (κ3) is 5.61. The summed E-state index contributed by atoms with van der Waals surface area (Å²) in [6, 6.07) is 5.19. The van der Waals surface area contributed by atoms with Crippen molar-refractivity contribution in [3.05, 3.63) is 46.4 Å². The minimum atomic E-state index is -0.439. The number of nitrogens with zero attached hydrogens (tertiary/aromatic N) is 5. The molecule has 4 heterocycles. The smallest absolute Gasteiger partial charge is 0.328 e. The van der Waals surface area contributed by atoms with Crippen LogP contribution in [-0.2, 0) is 27.2 Å². The predicted molar refractivity (Wildman–Crippen MR) is 141 cm³/mol. The summed E-state index contributed by atoms with van der Waals surface area (Å²) >= 11 is 0. The molecule has 3 aliphatic rings. The van der Waals surface area contributed by atoms with E-state index in [1.54, 1.807) is 13.2 Å². The van der Waals surface area contributed by atoms with E-state index in [9.17, 15) is 19.6 Å². The number of pyridine rings is 2. The molecule has 2 aromatic heterocycles. The molecule has 1 saturated carbocycles. The summed E-state index contributed by atoms with van der Waals surface area (Å²) in [5.74, 6) is 2.61. The number of anilines is 3. The van der Waals surface area contributed by atoms with Gasteiger partial charge in [0.1, 0.15) is 35.0 Å². The highest BCUT2D eigenvalue weighted by Gasteiger charge is 2.42. The zero-order chi connectivity index (χ0) is 27.4. The molecular formula is C27H29N7O5. The number of nitrogens with one attached hydrogen (secondary N) is 2. The molecule has 0 bridgehead atoms. The van der Waals surface area contributed by atoms with Gasteiger partial charge in [-0.25, -0.2) is 19.6 Å². The van der Waals surface area contributed by atoms with E-state index < -0.39 is 6.03 Å². The molecule has 0 atom stereocenters. The van der Waals surface area contributed by atoms with Gasteiger partial charge in [0.15, 0.2) is 6.29 Å². The number of aldehydes is 1. The second kappa shape index (κ2) is 11.2. The minimum Gasteiger partial charge on any atom is -0.381 e. The lowest BCUT2D eigenvalue weighted by Crippen LogP contribution is -2.40. The molecule has 2 aromatic rings. The molecule has 0 radical (unpaired) electrons. The topological polar surface area (TPSA) is 150 Å². The number of hydrogen-bond donors (Lipinski definition) is 2. The molecule has 2 N–H and O–H groups in total. The Morgan fingerprint density at radius 1 is 1.33 bits per heavy atom. The summed E-state index contributed by atoms with van der Waals surface area (Å²) in [6.45, 7) is 2.45. The van der Waals surface area contributed by atoms with E-state index in [1.807, 2.05) is 16.9 Å². The number of amides is 2. The van der Waals surface area contributed by atoms with E-state index in [0.717, 1.165) is 18.4 Å². The van der Waals surface area contributed by atoms with E-state index in [-0.39, 0.29) is 23.7 Å². The first kappa shape index (κ1) is 26.3. The lowest BCUT2D eigenvalue weighted by molar-refractivity contribution is 0.0718. The molecule has 5 rings (SSSR count). The molecule has 0 unspecified atom stereocenters. The van der Waals surface area contributed by atoms with Gasteiger partial charge >= 0.3 is 6.03 Å². The van der Waals surface area contributed by atoms with Crippen LogP contribution in [0.1, 0.15) is 46.4 Å². The van der Waals surface area contributed by atoms with Gasteiger partial charge in [-0.1, -0.05) is 0 Å². The molecule has 2 aliphatic heterocycles. The predicted octanol–water partition coefficient (Wildman–Crippen LogP) is 2.28. The fourth-order valence-electron chi connectivity index (χ4n) is 4.81.